The molecule has 1 aromatic heterocycles. The second-order valence-corrected chi connectivity index (χ2v) is 5.63. The number of aryl methyl sites for hydroxylation is 1. The maximum atomic E-state index is 5.77. The van der Waals surface area contributed by atoms with Crippen molar-refractivity contribution in [2.24, 2.45) is 0 Å². The summed E-state index contributed by atoms with van der Waals surface area (Å²) in [5.41, 5.74) is 6.45. The van der Waals surface area contributed by atoms with Crippen LogP contribution in [0.4, 0.5) is 5.69 Å². The summed E-state index contributed by atoms with van der Waals surface area (Å²) in [6.45, 7) is 1.93. The van der Waals surface area contributed by atoms with Crippen molar-refractivity contribution in [3.05, 3.63) is 23.2 Å². The summed E-state index contributed by atoms with van der Waals surface area (Å²) in [5, 5.41) is 8.97. The summed E-state index contributed by atoms with van der Waals surface area (Å²) in [5.74, 6) is 0.753. The number of hydrogen-bond acceptors (Lipinski definition) is 6. The molecule has 6 heteroatoms. The van der Waals surface area contributed by atoms with Gasteiger partial charge in [-0.15, -0.1) is 10.2 Å². The molecule has 0 bridgehead atoms. The second-order valence-electron chi connectivity index (χ2n) is 3.13. The molecule has 0 saturated carbocycles. The second kappa shape index (κ2) is 4.71. The van der Waals surface area contributed by atoms with E-state index in [0.29, 0.717) is 5.69 Å². The van der Waals surface area contributed by atoms with Gasteiger partial charge in [0.25, 0.3) is 0 Å². The highest BCUT2D eigenvalue weighted by Gasteiger charge is 2.05. The van der Waals surface area contributed by atoms with Crippen LogP contribution in [0.1, 0.15) is 5.01 Å². The van der Waals surface area contributed by atoms with Gasteiger partial charge in [0.15, 0.2) is 4.34 Å². The normalized spacial score (nSPS) is 10.4. The molecular weight excluding hydrogens is 242 g/mol. The van der Waals surface area contributed by atoms with Crippen molar-refractivity contribution >= 4 is 28.8 Å². The molecule has 0 spiro atoms. The Kier molecular flexibility index (Phi) is 3.31. The van der Waals surface area contributed by atoms with Gasteiger partial charge in [-0.25, -0.2) is 0 Å². The van der Waals surface area contributed by atoms with Gasteiger partial charge in [-0.2, -0.15) is 0 Å². The Labute approximate surface area is 102 Å². The topological polar surface area (TPSA) is 61.0 Å². The van der Waals surface area contributed by atoms with Gasteiger partial charge in [0.1, 0.15) is 10.8 Å². The number of aromatic nitrogens is 2. The van der Waals surface area contributed by atoms with Crippen LogP contribution < -0.4 is 10.5 Å². The van der Waals surface area contributed by atoms with Gasteiger partial charge in [0, 0.05) is 16.6 Å². The Balaban J connectivity index is 2.24. The number of rotatable bonds is 3. The fourth-order valence-corrected chi connectivity index (χ4v) is 3.08. The smallest absolute Gasteiger partial charge is 0.179 e. The standard InChI is InChI=1S/C10H11N3OS2/c1-6-12-13-10(15-6)16-9-4-7(11)3-8(5-9)14-2/h3-5H,11H2,1-2H3. The molecule has 0 aliphatic carbocycles. The summed E-state index contributed by atoms with van der Waals surface area (Å²) in [6.07, 6.45) is 0. The zero-order valence-electron chi connectivity index (χ0n) is 8.93. The van der Waals surface area contributed by atoms with Crippen molar-refractivity contribution < 1.29 is 4.74 Å². The number of ether oxygens (including phenoxy) is 1. The molecule has 4 nitrogen and oxygen atoms in total. The lowest BCUT2D eigenvalue weighted by Crippen LogP contribution is -1.88. The van der Waals surface area contributed by atoms with Gasteiger partial charge < -0.3 is 10.5 Å². The Morgan fingerprint density at radius 3 is 2.75 bits per heavy atom. The maximum Gasteiger partial charge on any atom is 0.179 e. The van der Waals surface area contributed by atoms with E-state index in [4.69, 9.17) is 10.5 Å². The molecule has 0 amide bonds. The molecule has 0 aliphatic heterocycles. The van der Waals surface area contributed by atoms with Crippen LogP contribution in [0.5, 0.6) is 5.75 Å². The molecule has 1 heterocycles. The molecule has 0 fully saturated rings. The molecule has 2 N–H and O–H groups in total. The highest BCUT2D eigenvalue weighted by molar-refractivity contribution is 8.01. The van der Waals surface area contributed by atoms with E-state index in [1.165, 1.54) is 11.8 Å². The van der Waals surface area contributed by atoms with Crippen LogP contribution in [0.3, 0.4) is 0 Å². The molecule has 0 radical (unpaired) electrons. The average Bonchev–Trinajstić information content (AvgIpc) is 2.63. The fourth-order valence-electron chi connectivity index (χ4n) is 1.19. The summed E-state index contributed by atoms with van der Waals surface area (Å²) >= 11 is 3.10. The number of nitrogens with zero attached hydrogens (tertiary/aromatic N) is 2. The zero-order valence-corrected chi connectivity index (χ0v) is 10.6. The first-order chi connectivity index (χ1) is 7.67. The number of hydrogen-bond donors (Lipinski definition) is 1. The van der Waals surface area contributed by atoms with Crippen molar-refractivity contribution in [2.45, 2.75) is 16.2 Å². The van der Waals surface area contributed by atoms with Crippen molar-refractivity contribution in [1.82, 2.24) is 10.2 Å². The monoisotopic (exact) mass is 253 g/mol. The Hall–Kier alpha value is -1.27. The highest BCUT2D eigenvalue weighted by Crippen LogP contribution is 2.33. The Bertz CT molecular complexity index is 499. The molecule has 0 saturated heterocycles. The third-order valence-corrected chi connectivity index (χ3v) is 3.71. The third kappa shape index (κ3) is 2.65. The van der Waals surface area contributed by atoms with Gasteiger partial charge in [-0.3, -0.25) is 0 Å². The molecule has 16 heavy (non-hydrogen) atoms. The van der Waals surface area contributed by atoms with Crippen molar-refractivity contribution in [2.75, 3.05) is 12.8 Å². The average molecular weight is 253 g/mol. The van der Waals surface area contributed by atoms with Crippen molar-refractivity contribution in [1.29, 1.82) is 0 Å². The lowest BCUT2D eigenvalue weighted by Gasteiger charge is -2.04. The Morgan fingerprint density at radius 1 is 1.31 bits per heavy atom. The molecule has 84 valence electrons. The number of nitrogens with two attached hydrogens (primary N) is 1. The van der Waals surface area contributed by atoms with E-state index >= 15 is 0 Å². The van der Waals surface area contributed by atoms with Crippen LogP contribution in [0.15, 0.2) is 27.4 Å². The molecule has 2 rings (SSSR count). The van der Waals surface area contributed by atoms with Gasteiger partial charge in [0.05, 0.1) is 7.11 Å². The van der Waals surface area contributed by atoms with Gasteiger partial charge in [0.2, 0.25) is 0 Å². The van der Waals surface area contributed by atoms with E-state index in [1.807, 2.05) is 19.1 Å². The number of methoxy groups -OCH3 is 1. The number of anilines is 1. The first-order valence-electron chi connectivity index (χ1n) is 4.60. The summed E-state index contributed by atoms with van der Waals surface area (Å²) in [7, 11) is 1.62. The third-order valence-electron chi connectivity index (χ3n) is 1.85. The van der Waals surface area contributed by atoms with Crippen LogP contribution in [0.2, 0.25) is 0 Å². The molecule has 2 aromatic rings. The lowest BCUT2D eigenvalue weighted by molar-refractivity contribution is 0.414. The predicted molar refractivity (Wildman–Crippen MR) is 66.2 cm³/mol. The molecular formula is C10H11N3OS2. The van der Waals surface area contributed by atoms with Crippen LogP contribution in [0, 0.1) is 6.92 Å². The largest absolute Gasteiger partial charge is 0.497 e. The molecule has 0 atom stereocenters. The van der Waals surface area contributed by atoms with Crippen LogP contribution in [0.25, 0.3) is 0 Å². The van der Waals surface area contributed by atoms with Crippen LogP contribution in [-0.4, -0.2) is 17.3 Å². The zero-order chi connectivity index (χ0) is 11.5. The summed E-state index contributed by atoms with van der Waals surface area (Å²) in [6, 6.07) is 5.61. The first kappa shape index (κ1) is 11.2. The van der Waals surface area contributed by atoms with Crippen molar-refractivity contribution in [3.8, 4) is 5.75 Å². The van der Waals surface area contributed by atoms with E-state index in [9.17, 15) is 0 Å². The predicted octanol–water partition coefficient (Wildman–Crippen LogP) is 2.59. The van der Waals surface area contributed by atoms with E-state index in [1.54, 1.807) is 24.5 Å². The molecule has 0 unspecified atom stereocenters. The minimum absolute atomic E-state index is 0.683. The van der Waals surface area contributed by atoms with Crippen LogP contribution in [-0.2, 0) is 0 Å². The minimum atomic E-state index is 0.683. The maximum absolute atomic E-state index is 5.77. The first-order valence-corrected chi connectivity index (χ1v) is 6.23. The van der Waals surface area contributed by atoms with Crippen molar-refractivity contribution in [3.63, 3.8) is 0 Å². The Morgan fingerprint density at radius 2 is 2.12 bits per heavy atom. The van der Waals surface area contributed by atoms with Gasteiger partial charge in [-0.1, -0.05) is 23.1 Å². The molecule has 0 aliphatic rings. The SMILES string of the molecule is COc1cc(N)cc(Sc2nnc(C)s2)c1. The highest BCUT2D eigenvalue weighted by atomic mass is 32.2. The lowest BCUT2D eigenvalue weighted by atomic mass is 10.3. The fraction of sp³-hybridized carbons (Fsp3) is 0.200. The number of nitrogen functional groups attached to an aromatic ring is 1. The quantitative estimate of drug-likeness (QED) is 0.852. The van der Waals surface area contributed by atoms with Gasteiger partial charge >= 0.3 is 0 Å². The minimum Gasteiger partial charge on any atom is -0.497 e. The molecule has 1 aromatic carbocycles. The van der Waals surface area contributed by atoms with Gasteiger partial charge in [-0.05, 0) is 19.1 Å². The summed E-state index contributed by atoms with van der Waals surface area (Å²) < 4.78 is 6.06. The van der Waals surface area contributed by atoms with E-state index in [-0.39, 0.29) is 0 Å². The van der Waals surface area contributed by atoms with E-state index in [0.717, 1.165) is 20.0 Å². The number of benzene rings is 1. The van der Waals surface area contributed by atoms with Crippen LogP contribution >= 0.6 is 23.1 Å². The van der Waals surface area contributed by atoms with E-state index < -0.39 is 0 Å². The summed E-state index contributed by atoms with van der Waals surface area (Å²) in [4.78, 5) is 1.01. The van der Waals surface area contributed by atoms with E-state index in [2.05, 4.69) is 10.2 Å².